The van der Waals surface area contributed by atoms with Crippen LogP contribution in [-0.2, 0) is 0 Å². The highest BCUT2D eigenvalue weighted by Gasteiger charge is 2.12. The maximum absolute atomic E-state index is 12.1. The molecule has 0 saturated carbocycles. The average molecular weight is 378 g/mol. The second-order valence-corrected chi connectivity index (χ2v) is 6.39. The molecule has 0 aromatic heterocycles. The molecular weight excluding hydrogens is 358 g/mol. The maximum atomic E-state index is 12.1. The largest absolute Gasteiger partial charge is 0.491 e. The van der Waals surface area contributed by atoms with Crippen molar-refractivity contribution in [1.29, 1.82) is 0 Å². The summed E-state index contributed by atoms with van der Waals surface area (Å²) >= 11 is 3.33. The number of hydrogen-bond donors (Lipinski definition) is 2. The van der Waals surface area contributed by atoms with Gasteiger partial charge in [-0.2, -0.15) is 0 Å². The lowest BCUT2D eigenvalue weighted by atomic mass is 10.1. The van der Waals surface area contributed by atoms with Crippen molar-refractivity contribution >= 4 is 21.8 Å². The van der Waals surface area contributed by atoms with Crippen LogP contribution >= 0.6 is 15.9 Å². The fourth-order valence-electron chi connectivity index (χ4n) is 2.11. The highest BCUT2D eigenvalue weighted by Crippen LogP contribution is 2.20. The topological polar surface area (TPSA) is 58.6 Å². The van der Waals surface area contributed by atoms with E-state index in [0.29, 0.717) is 16.9 Å². The highest BCUT2D eigenvalue weighted by molar-refractivity contribution is 9.10. The zero-order valence-corrected chi connectivity index (χ0v) is 14.7. The Hall–Kier alpha value is -1.85. The number of aliphatic hydroxyl groups excluding tert-OH is 1. The lowest BCUT2D eigenvalue weighted by Gasteiger charge is -2.15. The average Bonchev–Trinajstić information content (AvgIpc) is 2.52. The number of rotatable bonds is 6. The third-order valence-electron chi connectivity index (χ3n) is 3.16. The number of nitrogens with one attached hydrogen (secondary N) is 1. The number of ether oxygens (including phenoxy) is 1. The van der Waals surface area contributed by atoms with Gasteiger partial charge in [-0.15, -0.1) is 0 Å². The summed E-state index contributed by atoms with van der Waals surface area (Å²) in [5, 5.41) is 13.0. The molecule has 23 heavy (non-hydrogen) atoms. The van der Waals surface area contributed by atoms with E-state index in [0.717, 1.165) is 4.47 Å². The van der Waals surface area contributed by atoms with Crippen LogP contribution in [0.25, 0.3) is 0 Å². The summed E-state index contributed by atoms with van der Waals surface area (Å²) in [5.74, 6) is 0.481. The van der Waals surface area contributed by atoms with Crippen molar-refractivity contribution in [3.8, 4) is 5.75 Å². The van der Waals surface area contributed by atoms with Gasteiger partial charge in [-0.25, -0.2) is 0 Å². The molecule has 1 unspecified atom stereocenters. The number of aliphatic hydroxyl groups is 1. The molecule has 5 heteroatoms. The van der Waals surface area contributed by atoms with E-state index in [1.165, 1.54) is 0 Å². The van der Waals surface area contributed by atoms with Crippen LogP contribution in [0.4, 0.5) is 0 Å². The number of carbonyl (C=O) groups excluding carboxylic acids is 1. The minimum atomic E-state index is -0.790. The van der Waals surface area contributed by atoms with E-state index in [9.17, 15) is 9.90 Å². The van der Waals surface area contributed by atoms with Gasteiger partial charge in [0.05, 0.1) is 12.2 Å². The monoisotopic (exact) mass is 377 g/mol. The minimum Gasteiger partial charge on any atom is -0.491 e. The van der Waals surface area contributed by atoms with Gasteiger partial charge in [0.2, 0.25) is 0 Å². The molecule has 1 amide bonds. The molecule has 0 aliphatic rings. The number of hydrogen-bond acceptors (Lipinski definition) is 3. The van der Waals surface area contributed by atoms with Crippen molar-refractivity contribution in [2.45, 2.75) is 26.1 Å². The van der Waals surface area contributed by atoms with Crippen molar-refractivity contribution in [3.63, 3.8) is 0 Å². The molecule has 4 nitrogen and oxygen atoms in total. The minimum absolute atomic E-state index is 0.0682. The van der Waals surface area contributed by atoms with E-state index in [1.807, 2.05) is 38.1 Å². The maximum Gasteiger partial charge on any atom is 0.251 e. The Morgan fingerprint density at radius 2 is 1.96 bits per heavy atom. The zero-order chi connectivity index (χ0) is 16.8. The third-order valence-corrected chi connectivity index (χ3v) is 3.65. The van der Waals surface area contributed by atoms with Crippen LogP contribution in [-0.4, -0.2) is 23.7 Å². The molecule has 2 rings (SSSR count). The van der Waals surface area contributed by atoms with E-state index in [4.69, 9.17) is 4.74 Å². The molecule has 1 atom stereocenters. The van der Waals surface area contributed by atoms with Crippen LogP contribution in [0.3, 0.4) is 0 Å². The van der Waals surface area contributed by atoms with E-state index < -0.39 is 6.10 Å². The van der Waals surface area contributed by atoms with Crippen molar-refractivity contribution in [3.05, 3.63) is 64.1 Å². The second-order valence-electron chi connectivity index (χ2n) is 5.48. The number of carbonyl (C=O) groups is 1. The van der Waals surface area contributed by atoms with Crippen molar-refractivity contribution in [2.24, 2.45) is 0 Å². The van der Waals surface area contributed by atoms with Crippen molar-refractivity contribution in [2.75, 3.05) is 6.54 Å². The molecule has 2 N–H and O–H groups in total. The SMILES string of the molecule is CC(C)Oc1cccc(C(O)CNC(=O)c2cccc(Br)c2)c1. The van der Waals surface area contributed by atoms with Crippen molar-refractivity contribution in [1.82, 2.24) is 5.32 Å². The van der Waals surface area contributed by atoms with Gasteiger partial charge in [0.1, 0.15) is 5.75 Å². The number of amides is 1. The standard InChI is InChI=1S/C18H20BrNO3/c1-12(2)23-16-8-4-5-13(10-16)17(21)11-20-18(22)14-6-3-7-15(19)9-14/h3-10,12,17,21H,11H2,1-2H3,(H,20,22). The predicted molar refractivity (Wildman–Crippen MR) is 93.6 cm³/mol. The second kappa shape index (κ2) is 8.13. The first-order chi connectivity index (χ1) is 11.0. The highest BCUT2D eigenvalue weighted by atomic mass is 79.9. The Morgan fingerprint density at radius 3 is 2.65 bits per heavy atom. The molecule has 0 aliphatic carbocycles. The van der Waals surface area contributed by atoms with Crippen LogP contribution in [0, 0.1) is 0 Å². The molecule has 0 saturated heterocycles. The Morgan fingerprint density at radius 1 is 1.22 bits per heavy atom. The Balaban J connectivity index is 1.96. The molecule has 0 heterocycles. The van der Waals surface area contributed by atoms with Crippen molar-refractivity contribution < 1.29 is 14.6 Å². The first kappa shape index (κ1) is 17.5. The molecule has 2 aromatic rings. The summed E-state index contributed by atoms with van der Waals surface area (Å²) in [7, 11) is 0. The van der Waals surface area contributed by atoms with Crippen LogP contribution in [0.5, 0.6) is 5.75 Å². The lowest BCUT2D eigenvalue weighted by Crippen LogP contribution is -2.28. The van der Waals surface area contributed by atoms with E-state index in [1.54, 1.807) is 24.3 Å². The molecule has 0 spiro atoms. The van der Waals surface area contributed by atoms with E-state index in [-0.39, 0.29) is 18.6 Å². The Labute approximate surface area is 144 Å². The molecular formula is C18H20BrNO3. The van der Waals surface area contributed by atoms with Gasteiger partial charge in [-0.1, -0.05) is 34.1 Å². The van der Waals surface area contributed by atoms with Gasteiger partial charge < -0.3 is 15.2 Å². The van der Waals surface area contributed by atoms with Gasteiger partial charge in [-0.05, 0) is 49.7 Å². The summed E-state index contributed by atoms with van der Waals surface area (Å²) in [6, 6.07) is 14.4. The van der Waals surface area contributed by atoms with Gasteiger partial charge >= 0.3 is 0 Å². The molecule has 0 aliphatic heterocycles. The molecule has 2 aromatic carbocycles. The molecule has 0 fully saturated rings. The lowest BCUT2D eigenvalue weighted by molar-refractivity contribution is 0.0916. The summed E-state index contributed by atoms with van der Waals surface area (Å²) in [6.07, 6.45) is -0.722. The predicted octanol–water partition coefficient (Wildman–Crippen LogP) is 3.70. The number of benzene rings is 2. The smallest absolute Gasteiger partial charge is 0.251 e. The Bertz CT molecular complexity index is 673. The molecule has 122 valence electrons. The fourth-order valence-corrected chi connectivity index (χ4v) is 2.51. The first-order valence-electron chi connectivity index (χ1n) is 7.44. The molecule has 0 radical (unpaired) electrons. The summed E-state index contributed by atoms with van der Waals surface area (Å²) in [6.45, 7) is 4.03. The van der Waals surface area contributed by atoms with Crippen LogP contribution in [0.2, 0.25) is 0 Å². The van der Waals surface area contributed by atoms with E-state index in [2.05, 4.69) is 21.2 Å². The summed E-state index contributed by atoms with van der Waals surface area (Å²) in [5.41, 5.74) is 1.25. The number of halogens is 1. The summed E-state index contributed by atoms with van der Waals surface area (Å²) < 4.78 is 6.45. The molecule has 0 bridgehead atoms. The first-order valence-corrected chi connectivity index (χ1v) is 8.23. The quantitative estimate of drug-likeness (QED) is 0.806. The van der Waals surface area contributed by atoms with Crippen LogP contribution < -0.4 is 10.1 Å². The van der Waals surface area contributed by atoms with Crippen LogP contribution in [0.15, 0.2) is 53.0 Å². The van der Waals surface area contributed by atoms with Gasteiger partial charge in [-0.3, -0.25) is 4.79 Å². The van der Waals surface area contributed by atoms with Gasteiger partial charge in [0.15, 0.2) is 0 Å². The van der Waals surface area contributed by atoms with E-state index >= 15 is 0 Å². The normalized spacial score (nSPS) is 12.0. The zero-order valence-electron chi connectivity index (χ0n) is 13.1. The third kappa shape index (κ3) is 5.37. The van der Waals surface area contributed by atoms with Crippen LogP contribution in [0.1, 0.15) is 35.9 Å². The van der Waals surface area contributed by atoms with Gasteiger partial charge in [0.25, 0.3) is 5.91 Å². The van der Waals surface area contributed by atoms with Gasteiger partial charge in [0, 0.05) is 16.6 Å². The fraction of sp³-hybridized carbons (Fsp3) is 0.278. The summed E-state index contributed by atoms with van der Waals surface area (Å²) in [4.78, 5) is 12.1. The Kier molecular flexibility index (Phi) is 6.19.